The van der Waals surface area contributed by atoms with Crippen LogP contribution in [0.5, 0.6) is 0 Å². The Morgan fingerprint density at radius 2 is 2.27 bits per heavy atom. The molecule has 0 N–H and O–H groups in total. The summed E-state index contributed by atoms with van der Waals surface area (Å²) in [5, 5.41) is 5.20. The molecule has 1 radical (unpaired) electrons. The van der Waals surface area contributed by atoms with Crippen molar-refractivity contribution < 1.29 is 0 Å². The van der Waals surface area contributed by atoms with E-state index in [2.05, 4.69) is 5.32 Å². The molecule has 2 heteroatoms. The number of rotatable bonds is 0. The molecule has 1 heterocycles. The third-order valence-electron chi connectivity index (χ3n) is 1.93. The molecule has 1 aliphatic rings. The number of hydrogen-bond donors (Lipinski definition) is 0. The summed E-state index contributed by atoms with van der Waals surface area (Å²) in [5.74, 6) is 0. The van der Waals surface area contributed by atoms with Gasteiger partial charge in [0.15, 0.2) is 0 Å². The molecular formula is C9H9ClN. The van der Waals surface area contributed by atoms with Crippen molar-refractivity contribution in [2.45, 2.75) is 12.8 Å². The Morgan fingerprint density at radius 1 is 1.36 bits per heavy atom. The molecule has 0 atom stereocenters. The Labute approximate surface area is 71.4 Å². The Bertz CT molecular complexity index is 270. The summed E-state index contributed by atoms with van der Waals surface area (Å²) in [4.78, 5) is 0. The smallest absolute Gasteiger partial charge is 0.0607 e. The van der Waals surface area contributed by atoms with Crippen LogP contribution in [-0.4, -0.2) is 6.54 Å². The van der Waals surface area contributed by atoms with E-state index in [1.54, 1.807) is 0 Å². The molecule has 0 saturated carbocycles. The van der Waals surface area contributed by atoms with E-state index < -0.39 is 0 Å². The first-order chi connectivity index (χ1) is 5.36. The predicted molar refractivity (Wildman–Crippen MR) is 46.4 cm³/mol. The van der Waals surface area contributed by atoms with Gasteiger partial charge >= 0.3 is 0 Å². The van der Waals surface area contributed by atoms with Crippen molar-refractivity contribution in [2.75, 3.05) is 6.54 Å². The van der Waals surface area contributed by atoms with Gasteiger partial charge in [-0.2, -0.15) is 0 Å². The second kappa shape index (κ2) is 2.74. The highest BCUT2D eigenvalue weighted by atomic mass is 35.5. The van der Waals surface area contributed by atoms with Crippen LogP contribution in [0.4, 0.5) is 5.69 Å². The maximum atomic E-state index is 5.83. The molecular weight excluding hydrogens is 158 g/mol. The van der Waals surface area contributed by atoms with Gasteiger partial charge in [-0.05, 0) is 36.6 Å². The lowest BCUT2D eigenvalue weighted by Gasteiger charge is -2.14. The van der Waals surface area contributed by atoms with Gasteiger partial charge in [0.2, 0.25) is 0 Å². The molecule has 0 fully saturated rings. The van der Waals surface area contributed by atoms with Crippen LogP contribution in [0, 0.1) is 0 Å². The summed E-state index contributed by atoms with van der Waals surface area (Å²) >= 11 is 5.83. The first-order valence-corrected chi connectivity index (χ1v) is 4.20. The molecule has 0 spiro atoms. The Morgan fingerprint density at radius 3 is 3.18 bits per heavy atom. The molecule has 1 aliphatic heterocycles. The summed E-state index contributed by atoms with van der Waals surface area (Å²) in [7, 11) is 0. The first-order valence-electron chi connectivity index (χ1n) is 3.82. The summed E-state index contributed by atoms with van der Waals surface area (Å²) in [6.07, 6.45) is 2.28. The van der Waals surface area contributed by atoms with Crippen LogP contribution in [0.1, 0.15) is 12.0 Å². The average molecular weight is 167 g/mol. The van der Waals surface area contributed by atoms with Crippen LogP contribution in [-0.2, 0) is 6.42 Å². The summed E-state index contributed by atoms with van der Waals surface area (Å²) in [6.45, 7) is 0.967. The van der Waals surface area contributed by atoms with Gasteiger partial charge in [-0.15, -0.1) is 0 Å². The minimum atomic E-state index is 0.820. The van der Waals surface area contributed by atoms with Crippen LogP contribution in [0.2, 0.25) is 5.02 Å². The standard InChI is InChI=1S/C9H9ClN/c10-8-3-4-9-7(6-8)2-1-5-11-9/h3-4,6H,1-2,5H2. The molecule has 0 bridgehead atoms. The van der Waals surface area contributed by atoms with E-state index in [9.17, 15) is 0 Å². The molecule has 1 aromatic rings. The second-order valence-electron chi connectivity index (χ2n) is 2.76. The van der Waals surface area contributed by atoms with Crippen LogP contribution >= 0.6 is 11.6 Å². The highest BCUT2D eigenvalue weighted by molar-refractivity contribution is 6.30. The van der Waals surface area contributed by atoms with E-state index in [1.807, 2.05) is 18.2 Å². The zero-order valence-corrected chi connectivity index (χ0v) is 6.93. The maximum Gasteiger partial charge on any atom is 0.0607 e. The van der Waals surface area contributed by atoms with Crippen molar-refractivity contribution in [1.82, 2.24) is 5.32 Å². The van der Waals surface area contributed by atoms with E-state index in [0.29, 0.717) is 0 Å². The molecule has 0 unspecified atom stereocenters. The fourth-order valence-corrected chi connectivity index (χ4v) is 1.57. The Kier molecular flexibility index (Phi) is 1.74. The number of nitrogens with zero attached hydrogens (tertiary/aromatic N) is 1. The molecule has 1 aromatic carbocycles. The van der Waals surface area contributed by atoms with Crippen molar-refractivity contribution in [1.29, 1.82) is 0 Å². The van der Waals surface area contributed by atoms with Crippen LogP contribution in [0.15, 0.2) is 18.2 Å². The lowest BCUT2D eigenvalue weighted by atomic mass is 10.0. The zero-order chi connectivity index (χ0) is 7.68. The summed E-state index contributed by atoms with van der Waals surface area (Å²) in [6, 6.07) is 5.91. The van der Waals surface area contributed by atoms with Crippen molar-refractivity contribution in [2.24, 2.45) is 0 Å². The van der Waals surface area contributed by atoms with Crippen LogP contribution in [0.3, 0.4) is 0 Å². The lowest BCUT2D eigenvalue weighted by molar-refractivity contribution is 0.704. The highest BCUT2D eigenvalue weighted by Gasteiger charge is 2.08. The number of aryl methyl sites for hydroxylation is 1. The first kappa shape index (κ1) is 6.99. The van der Waals surface area contributed by atoms with E-state index >= 15 is 0 Å². The van der Waals surface area contributed by atoms with Crippen LogP contribution < -0.4 is 5.32 Å². The molecule has 0 aromatic heterocycles. The van der Waals surface area contributed by atoms with Gasteiger partial charge in [-0.1, -0.05) is 11.6 Å². The predicted octanol–water partition coefficient (Wildman–Crippen LogP) is 2.52. The molecule has 0 saturated heterocycles. The molecule has 0 aliphatic carbocycles. The van der Waals surface area contributed by atoms with Gasteiger partial charge in [-0.25, -0.2) is 0 Å². The summed E-state index contributed by atoms with van der Waals surface area (Å²) in [5.41, 5.74) is 2.42. The molecule has 0 amide bonds. The fraction of sp³-hybridized carbons (Fsp3) is 0.333. The number of halogens is 1. The third-order valence-corrected chi connectivity index (χ3v) is 2.16. The molecule has 1 nitrogen and oxygen atoms in total. The number of hydrogen-bond acceptors (Lipinski definition) is 0. The minimum absolute atomic E-state index is 0.820. The van der Waals surface area contributed by atoms with Gasteiger partial charge in [0.05, 0.1) is 5.69 Å². The lowest BCUT2D eigenvalue weighted by Crippen LogP contribution is -2.10. The third kappa shape index (κ3) is 1.33. The van der Waals surface area contributed by atoms with Gasteiger partial charge < -0.3 is 0 Å². The van der Waals surface area contributed by atoms with E-state index in [0.717, 1.165) is 30.1 Å². The SMILES string of the molecule is Clc1ccc2c(c1)CCC[N]2. The molecule has 57 valence electrons. The van der Waals surface area contributed by atoms with E-state index in [4.69, 9.17) is 11.6 Å². The van der Waals surface area contributed by atoms with Gasteiger partial charge in [0, 0.05) is 11.6 Å². The molecule has 11 heavy (non-hydrogen) atoms. The van der Waals surface area contributed by atoms with Crippen molar-refractivity contribution >= 4 is 17.3 Å². The van der Waals surface area contributed by atoms with Crippen molar-refractivity contribution in [3.8, 4) is 0 Å². The largest absolute Gasteiger partial charge is 0.285 e. The normalized spacial score (nSPS) is 15.4. The van der Waals surface area contributed by atoms with Gasteiger partial charge in [0.1, 0.15) is 0 Å². The van der Waals surface area contributed by atoms with E-state index in [1.165, 1.54) is 5.56 Å². The Hall–Kier alpha value is -0.690. The maximum absolute atomic E-state index is 5.83. The van der Waals surface area contributed by atoms with Crippen molar-refractivity contribution in [3.63, 3.8) is 0 Å². The molecule has 2 rings (SSSR count). The van der Waals surface area contributed by atoms with Gasteiger partial charge in [0.25, 0.3) is 0 Å². The summed E-state index contributed by atoms with van der Waals surface area (Å²) < 4.78 is 0. The van der Waals surface area contributed by atoms with E-state index in [-0.39, 0.29) is 0 Å². The topological polar surface area (TPSA) is 14.1 Å². The van der Waals surface area contributed by atoms with Crippen LogP contribution in [0.25, 0.3) is 0 Å². The van der Waals surface area contributed by atoms with Crippen molar-refractivity contribution in [3.05, 3.63) is 28.8 Å². The van der Waals surface area contributed by atoms with Gasteiger partial charge in [-0.3, -0.25) is 5.32 Å². The zero-order valence-electron chi connectivity index (χ0n) is 6.18. The quantitative estimate of drug-likeness (QED) is 0.563. The minimum Gasteiger partial charge on any atom is -0.285 e. The number of benzene rings is 1. The highest BCUT2D eigenvalue weighted by Crippen LogP contribution is 2.24. The fourth-order valence-electron chi connectivity index (χ4n) is 1.38. The Balaban J connectivity index is 2.43. The monoisotopic (exact) mass is 166 g/mol. The number of fused-ring (bicyclic) bond motifs is 1. The second-order valence-corrected chi connectivity index (χ2v) is 3.19. The average Bonchev–Trinajstić information content (AvgIpc) is 2.04.